The summed E-state index contributed by atoms with van der Waals surface area (Å²) < 4.78 is 18.7. The SMILES string of the molecule is NCCc1cccc(Cl)c1OCc1cncc(F)c1. The highest BCUT2D eigenvalue weighted by Crippen LogP contribution is 2.29. The summed E-state index contributed by atoms with van der Waals surface area (Å²) >= 11 is 6.11. The molecule has 0 bridgehead atoms. The Bertz CT molecular complexity index is 563. The number of hydrogen-bond acceptors (Lipinski definition) is 3. The van der Waals surface area contributed by atoms with E-state index in [-0.39, 0.29) is 12.4 Å². The molecule has 1 aromatic carbocycles. The van der Waals surface area contributed by atoms with Gasteiger partial charge < -0.3 is 10.5 Å². The maximum atomic E-state index is 13.0. The van der Waals surface area contributed by atoms with Crippen LogP contribution in [0.25, 0.3) is 0 Å². The van der Waals surface area contributed by atoms with E-state index in [0.717, 1.165) is 11.8 Å². The fraction of sp³-hybridized carbons (Fsp3) is 0.214. The molecule has 0 saturated heterocycles. The van der Waals surface area contributed by atoms with Crippen LogP contribution >= 0.6 is 11.6 Å². The second kappa shape index (κ2) is 6.50. The van der Waals surface area contributed by atoms with E-state index in [1.54, 1.807) is 12.3 Å². The van der Waals surface area contributed by atoms with Crippen LogP contribution in [-0.2, 0) is 13.0 Å². The zero-order valence-electron chi connectivity index (χ0n) is 10.3. The molecule has 0 radical (unpaired) electrons. The number of benzene rings is 1. The van der Waals surface area contributed by atoms with Gasteiger partial charge in [0.1, 0.15) is 18.2 Å². The fourth-order valence-electron chi connectivity index (χ4n) is 1.76. The largest absolute Gasteiger partial charge is 0.487 e. The van der Waals surface area contributed by atoms with Crippen LogP contribution in [0.2, 0.25) is 5.02 Å². The average Bonchev–Trinajstić information content (AvgIpc) is 2.38. The van der Waals surface area contributed by atoms with Gasteiger partial charge in [-0.3, -0.25) is 4.98 Å². The van der Waals surface area contributed by atoms with Crippen molar-refractivity contribution in [2.24, 2.45) is 5.73 Å². The van der Waals surface area contributed by atoms with Crippen LogP contribution < -0.4 is 10.5 Å². The number of rotatable bonds is 5. The lowest BCUT2D eigenvalue weighted by atomic mass is 10.1. The van der Waals surface area contributed by atoms with Gasteiger partial charge in [0, 0.05) is 11.8 Å². The van der Waals surface area contributed by atoms with E-state index in [9.17, 15) is 4.39 Å². The first-order valence-electron chi connectivity index (χ1n) is 5.90. The zero-order chi connectivity index (χ0) is 13.7. The Morgan fingerprint density at radius 2 is 2.16 bits per heavy atom. The molecule has 2 N–H and O–H groups in total. The molecule has 0 unspecified atom stereocenters. The molecule has 0 aliphatic heterocycles. The van der Waals surface area contributed by atoms with Crippen molar-refractivity contribution >= 4 is 11.6 Å². The third kappa shape index (κ3) is 3.66. The summed E-state index contributed by atoms with van der Waals surface area (Å²) in [6.45, 7) is 0.726. The molecular weight excluding hydrogens is 267 g/mol. The van der Waals surface area contributed by atoms with Crippen molar-refractivity contribution in [3.8, 4) is 5.75 Å². The lowest BCUT2D eigenvalue weighted by Gasteiger charge is -2.12. The molecule has 0 aliphatic rings. The lowest BCUT2D eigenvalue weighted by Crippen LogP contribution is -2.06. The summed E-state index contributed by atoms with van der Waals surface area (Å²) in [6, 6.07) is 6.90. The molecule has 100 valence electrons. The molecule has 2 aromatic rings. The summed E-state index contributed by atoms with van der Waals surface area (Å²) in [5, 5.41) is 0.523. The number of pyridine rings is 1. The van der Waals surface area contributed by atoms with E-state index in [2.05, 4.69) is 4.98 Å². The molecule has 3 nitrogen and oxygen atoms in total. The van der Waals surface area contributed by atoms with Gasteiger partial charge in [0.05, 0.1) is 11.2 Å². The minimum absolute atomic E-state index is 0.214. The predicted octanol–water partition coefficient (Wildman–Crippen LogP) is 2.95. The summed E-state index contributed by atoms with van der Waals surface area (Å²) in [5.41, 5.74) is 7.14. The van der Waals surface area contributed by atoms with E-state index in [4.69, 9.17) is 22.1 Å². The maximum Gasteiger partial charge on any atom is 0.141 e. The van der Waals surface area contributed by atoms with Crippen LogP contribution in [0.1, 0.15) is 11.1 Å². The van der Waals surface area contributed by atoms with Gasteiger partial charge in [-0.25, -0.2) is 4.39 Å². The number of para-hydroxylation sites is 1. The maximum absolute atomic E-state index is 13.0. The molecule has 0 amide bonds. The van der Waals surface area contributed by atoms with E-state index in [1.165, 1.54) is 6.07 Å². The monoisotopic (exact) mass is 280 g/mol. The first-order valence-corrected chi connectivity index (χ1v) is 6.28. The van der Waals surface area contributed by atoms with Gasteiger partial charge >= 0.3 is 0 Å². The van der Waals surface area contributed by atoms with Gasteiger partial charge in [-0.15, -0.1) is 0 Å². The van der Waals surface area contributed by atoms with E-state index in [0.29, 0.717) is 29.3 Å². The number of aromatic nitrogens is 1. The van der Waals surface area contributed by atoms with E-state index < -0.39 is 0 Å². The molecule has 0 aliphatic carbocycles. The number of nitrogens with zero attached hydrogens (tertiary/aromatic N) is 1. The standard InChI is InChI=1S/C14H14ClFN2O/c15-13-3-1-2-11(4-5-17)14(13)19-9-10-6-12(16)8-18-7-10/h1-3,6-8H,4-5,9,17H2. The molecule has 0 saturated carbocycles. The van der Waals surface area contributed by atoms with Crippen molar-refractivity contribution in [2.45, 2.75) is 13.0 Å². The molecule has 0 atom stereocenters. The Morgan fingerprint density at radius 3 is 2.89 bits per heavy atom. The van der Waals surface area contributed by atoms with E-state index >= 15 is 0 Å². The summed E-state index contributed by atoms with van der Waals surface area (Å²) in [6.07, 6.45) is 3.39. The summed E-state index contributed by atoms with van der Waals surface area (Å²) in [7, 11) is 0. The first-order chi connectivity index (χ1) is 9.20. The molecule has 5 heteroatoms. The lowest BCUT2D eigenvalue weighted by molar-refractivity contribution is 0.302. The highest BCUT2D eigenvalue weighted by atomic mass is 35.5. The quantitative estimate of drug-likeness (QED) is 0.916. The molecule has 2 rings (SSSR count). The van der Waals surface area contributed by atoms with Gasteiger partial charge in [-0.05, 0) is 30.7 Å². The van der Waals surface area contributed by atoms with Gasteiger partial charge in [-0.1, -0.05) is 23.7 Å². The Morgan fingerprint density at radius 1 is 1.32 bits per heavy atom. The van der Waals surface area contributed by atoms with Crippen LogP contribution in [-0.4, -0.2) is 11.5 Å². The second-order valence-corrected chi connectivity index (χ2v) is 4.47. The van der Waals surface area contributed by atoms with Crippen LogP contribution in [0.4, 0.5) is 4.39 Å². The van der Waals surface area contributed by atoms with Gasteiger partial charge in [0.15, 0.2) is 0 Å². The van der Waals surface area contributed by atoms with Crippen LogP contribution in [0.5, 0.6) is 5.75 Å². The normalized spacial score (nSPS) is 10.5. The fourth-order valence-corrected chi connectivity index (χ4v) is 2.01. The molecule has 19 heavy (non-hydrogen) atoms. The first kappa shape index (κ1) is 13.8. The second-order valence-electron chi connectivity index (χ2n) is 4.07. The van der Waals surface area contributed by atoms with Gasteiger partial charge in [0.2, 0.25) is 0 Å². The molecular formula is C14H14ClFN2O. The molecule has 1 heterocycles. The van der Waals surface area contributed by atoms with Crippen LogP contribution in [0, 0.1) is 5.82 Å². The van der Waals surface area contributed by atoms with Crippen molar-refractivity contribution in [1.82, 2.24) is 4.98 Å². The zero-order valence-corrected chi connectivity index (χ0v) is 11.0. The highest BCUT2D eigenvalue weighted by Gasteiger charge is 2.08. The predicted molar refractivity (Wildman–Crippen MR) is 72.7 cm³/mol. The summed E-state index contributed by atoms with van der Waals surface area (Å²) in [5.74, 6) is 0.210. The minimum Gasteiger partial charge on any atom is -0.487 e. The van der Waals surface area contributed by atoms with Crippen LogP contribution in [0.3, 0.4) is 0 Å². The number of nitrogens with two attached hydrogens (primary N) is 1. The third-order valence-electron chi connectivity index (χ3n) is 2.61. The van der Waals surface area contributed by atoms with Crippen LogP contribution in [0.15, 0.2) is 36.7 Å². The Labute approximate surface area is 116 Å². The van der Waals surface area contributed by atoms with Crippen molar-refractivity contribution in [1.29, 1.82) is 0 Å². The third-order valence-corrected chi connectivity index (χ3v) is 2.90. The highest BCUT2D eigenvalue weighted by molar-refractivity contribution is 6.32. The van der Waals surface area contributed by atoms with Crippen molar-refractivity contribution < 1.29 is 9.13 Å². The van der Waals surface area contributed by atoms with E-state index in [1.807, 2.05) is 12.1 Å². The molecule has 0 fully saturated rings. The Balaban J connectivity index is 2.14. The topological polar surface area (TPSA) is 48.1 Å². The van der Waals surface area contributed by atoms with Gasteiger partial charge in [0.25, 0.3) is 0 Å². The Hall–Kier alpha value is -1.65. The molecule has 1 aromatic heterocycles. The van der Waals surface area contributed by atoms with Crippen molar-refractivity contribution in [3.05, 3.63) is 58.6 Å². The average molecular weight is 281 g/mol. The number of hydrogen-bond donors (Lipinski definition) is 1. The van der Waals surface area contributed by atoms with Crippen molar-refractivity contribution in [2.75, 3.05) is 6.54 Å². The smallest absolute Gasteiger partial charge is 0.141 e. The summed E-state index contributed by atoms with van der Waals surface area (Å²) in [4.78, 5) is 3.77. The minimum atomic E-state index is -0.387. The Kier molecular flexibility index (Phi) is 4.71. The number of halogens is 2. The van der Waals surface area contributed by atoms with Crippen molar-refractivity contribution in [3.63, 3.8) is 0 Å². The molecule has 0 spiro atoms. The number of ether oxygens (including phenoxy) is 1. The van der Waals surface area contributed by atoms with Gasteiger partial charge in [-0.2, -0.15) is 0 Å².